The third-order valence-corrected chi connectivity index (χ3v) is 5.71. The van der Waals surface area contributed by atoms with E-state index in [4.69, 9.17) is 11.6 Å². The molecule has 0 bridgehead atoms. The summed E-state index contributed by atoms with van der Waals surface area (Å²) in [5, 5.41) is 11.5. The topological polar surface area (TPSA) is 88.9 Å². The number of nitrogens with one attached hydrogen (secondary N) is 1. The summed E-state index contributed by atoms with van der Waals surface area (Å²) in [5.41, 5.74) is 2.23. The van der Waals surface area contributed by atoms with Crippen molar-refractivity contribution in [3.63, 3.8) is 0 Å². The zero-order valence-electron chi connectivity index (χ0n) is 15.2. The lowest BCUT2D eigenvalue weighted by Gasteiger charge is -2.03. The SMILES string of the molecule is Cc1sc2nc(/C(Cl)=C/c3ccc([N+](=O)[O-])cc3)[nH]c(=O)c2c1-c1ccccc1. The standard InChI is InChI=1S/C21H14ClN3O3S/c1-12-17(14-5-3-2-4-6-14)18-20(26)23-19(24-21(18)29-12)16(22)11-13-7-9-15(10-8-13)25(27)28/h2-11H,1H3,(H,23,24,26)/b16-11-. The molecule has 4 rings (SSSR count). The van der Waals surface area contributed by atoms with Crippen LogP contribution in [0.25, 0.3) is 32.5 Å². The van der Waals surface area contributed by atoms with Crippen molar-refractivity contribution in [3.8, 4) is 11.1 Å². The van der Waals surface area contributed by atoms with E-state index < -0.39 is 4.92 Å². The fraction of sp³-hybridized carbons (Fsp3) is 0.0476. The van der Waals surface area contributed by atoms with Crippen LogP contribution in [0, 0.1) is 17.0 Å². The summed E-state index contributed by atoms with van der Waals surface area (Å²) >= 11 is 7.82. The van der Waals surface area contributed by atoms with Crippen LogP contribution in [0.2, 0.25) is 0 Å². The highest BCUT2D eigenvalue weighted by molar-refractivity contribution is 7.19. The smallest absolute Gasteiger partial charge is 0.269 e. The first kappa shape index (κ1) is 19.0. The Bertz CT molecular complexity index is 1310. The highest BCUT2D eigenvalue weighted by atomic mass is 35.5. The lowest BCUT2D eigenvalue weighted by Crippen LogP contribution is -2.10. The van der Waals surface area contributed by atoms with Crippen LogP contribution in [-0.4, -0.2) is 14.9 Å². The summed E-state index contributed by atoms with van der Waals surface area (Å²) in [4.78, 5) is 32.0. The second kappa shape index (κ2) is 7.62. The van der Waals surface area contributed by atoms with E-state index in [1.165, 1.54) is 23.5 Å². The van der Waals surface area contributed by atoms with Crippen LogP contribution < -0.4 is 5.56 Å². The van der Waals surface area contributed by atoms with E-state index in [2.05, 4.69) is 9.97 Å². The van der Waals surface area contributed by atoms with Crippen molar-refractivity contribution in [2.24, 2.45) is 0 Å². The van der Waals surface area contributed by atoms with Crippen LogP contribution in [0.15, 0.2) is 59.4 Å². The number of hydrogen-bond acceptors (Lipinski definition) is 5. The van der Waals surface area contributed by atoms with Gasteiger partial charge in [-0.05, 0) is 36.3 Å². The number of nitro benzene ring substituents is 1. The number of fused-ring (bicyclic) bond motifs is 1. The van der Waals surface area contributed by atoms with Crippen LogP contribution in [0.1, 0.15) is 16.3 Å². The summed E-state index contributed by atoms with van der Waals surface area (Å²) in [5.74, 6) is 0.253. The molecule has 0 saturated carbocycles. The molecule has 0 atom stereocenters. The summed E-state index contributed by atoms with van der Waals surface area (Å²) in [7, 11) is 0. The number of hydrogen-bond donors (Lipinski definition) is 1. The maximum Gasteiger partial charge on any atom is 0.269 e. The maximum absolute atomic E-state index is 12.8. The van der Waals surface area contributed by atoms with E-state index in [9.17, 15) is 14.9 Å². The number of aryl methyl sites for hydroxylation is 1. The summed E-state index contributed by atoms with van der Waals surface area (Å²) in [6.45, 7) is 1.96. The summed E-state index contributed by atoms with van der Waals surface area (Å²) in [6.07, 6.45) is 1.61. The van der Waals surface area contributed by atoms with Crippen molar-refractivity contribution in [2.75, 3.05) is 0 Å². The van der Waals surface area contributed by atoms with Gasteiger partial charge in [0, 0.05) is 22.6 Å². The maximum atomic E-state index is 12.8. The molecule has 0 saturated heterocycles. The molecule has 6 nitrogen and oxygen atoms in total. The van der Waals surface area contributed by atoms with Crippen molar-refractivity contribution in [2.45, 2.75) is 6.92 Å². The van der Waals surface area contributed by atoms with Gasteiger partial charge in [-0.2, -0.15) is 0 Å². The molecule has 8 heteroatoms. The van der Waals surface area contributed by atoms with E-state index in [1.54, 1.807) is 18.2 Å². The number of halogens is 1. The lowest BCUT2D eigenvalue weighted by molar-refractivity contribution is -0.384. The van der Waals surface area contributed by atoms with E-state index in [0.717, 1.165) is 16.0 Å². The van der Waals surface area contributed by atoms with Crippen LogP contribution in [0.4, 0.5) is 5.69 Å². The molecule has 0 spiro atoms. The van der Waals surface area contributed by atoms with Gasteiger partial charge in [0.1, 0.15) is 4.83 Å². The molecule has 1 N–H and O–H groups in total. The normalized spacial score (nSPS) is 11.7. The fourth-order valence-corrected chi connectivity index (χ4v) is 4.35. The third-order valence-electron chi connectivity index (χ3n) is 4.42. The zero-order chi connectivity index (χ0) is 20.5. The van der Waals surface area contributed by atoms with Gasteiger partial charge in [-0.3, -0.25) is 14.9 Å². The Hall–Kier alpha value is -3.29. The number of non-ortho nitro benzene ring substituents is 1. The van der Waals surface area contributed by atoms with Gasteiger partial charge in [-0.15, -0.1) is 11.3 Å². The largest absolute Gasteiger partial charge is 0.305 e. The fourth-order valence-electron chi connectivity index (χ4n) is 3.09. The lowest BCUT2D eigenvalue weighted by atomic mass is 10.0. The van der Waals surface area contributed by atoms with E-state index in [0.29, 0.717) is 15.8 Å². The molecular formula is C21H14ClN3O3S. The summed E-state index contributed by atoms with van der Waals surface area (Å²) in [6, 6.07) is 15.7. The van der Waals surface area contributed by atoms with Gasteiger partial charge in [-0.25, -0.2) is 4.98 Å². The molecule has 2 aromatic heterocycles. The van der Waals surface area contributed by atoms with Gasteiger partial charge in [0.15, 0.2) is 5.82 Å². The van der Waals surface area contributed by atoms with Crippen molar-refractivity contribution < 1.29 is 4.92 Å². The predicted molar refractivity (Wildman–Crippen MR) is 117 cm³/mol. The van der Waals surface area contributed by atoms with Crippen LogP contribution in [0.5, 0.6) is 0 Å². The van der Waals surface area contributed by atoms with E-state index in [-0.39, 0.29) is 22.1 Å². The average molecular weight is 424 g/mol. The molecule has 0 amide bonds. The number of nitro groups is 1. The van der Waals surface area contributed by atoms with Crippen LogP contribution in [0.3, 0.4) is 0 Å². The Morgan fingerprint density at radius 1 is 1.17 bits per heavy atom. The quantitative estimate of drug-likeness (QED) is 0.341. The number of rotatable bonds is 4. The van der Waals surface area contributed by atoms with Gasteiger partial charge in [-0.1, -0.05) is 41.9 Å². The molecule has 29 heavy (non-hydrogen) atoms. The first-order valence-corrected chi connectivity index (χ1v) is 9.84. The Morgan fingerprint density at radius 2 is 1.86 bits per heavy atom. The number of benzene rings is 2. The highest BCUT2D eigenvalue weighted by Gasteiger charge is 2.17. The zero-order valence-corrected chi connectivity index (χ0v) is 16.8. The average Bonchev–Trinajstić information content (AvgIpc) is 3.05. The second-order valence-electron chi connectivity index (χ2n) is 6.33. The molecule has 2 heterocycles. The first-order chi connectivity index (χ1) is 13.9. The van der Waals surface area contributed by atoms with Gasteiger partial charge < -0.3 is 4.98 Å². The van der Waals surface area contributed by atoms with E-state index in [1.807, 2.05) is 37.3 Å². The minimum atomic E-state index is -0.467. The molecular weight excluding hydrogens is 410 g/mol. The molecule has 144 valence electrons. The van der Waals surface area contributed by atoms with E-state index >= 15 is 0 Å². The molecule has 0 aliphatic heterocycles. The third kappa shape index (κ3) is 3.70. The van der Waals surface area contributed by atoms with Crippen molar-refractivity contribution in [1.82, 2.24) is 9.97 Å². The van der Waals surface area contributed by atoms with Gasteiger partial charge in [0.2, 0.25) is 0 Å². The molecule has 0 aliphatic carbocycles. The number of H-pyrrole nitrogens is 1. The van der Waals surface area contributed by atoms with Crippen LogP contribution in [-0.2, 0) is 0 Å². The van der Waals surface area contributed by atoms with Gasteiger partial charge >= 0.3 is 0 Å². The second-order valence-corrected chi connectivity index (χ2v) is 7.95. The Labute approximate surface area is 174 Å². The number of nitrogens with zero attached hydrogens (tertiary/aromatic N) is 2. The van der Waals surface area contributed by atoms with Crippen LogP contribution >= 0.6 is 22.9 Å². The number of aromatic amines is 1. The van der Waals surface area contributed by atoms with Crippen molar-refractivity contribution >= 4 is 50.0 Å². The Balaban J connectivity index is 1.78. The minimum absolute atomic E-state index is 0.00581. The van der Waals surface area contributed by atoms with Crippen molar-refractivity contribution in [3.05, 3.63) is 91.3 Å². The Kier molecular flexibility index (Phi) is 5.00. The molecule has 0 fully saturated rings. The molecule has 4 aromatic rings. The highest BCUT2D eigenvalue weighted by Crippen LogP contribution is 2.36. The van der Waals surface area contributed by atoms with Gasteiger partial charge in [0.25, 0.3) is 11.2 Å². The monoisotopic (exact) mass is 423 g/mol. The molecule has 0 radical (unpaired) electrons. The molecule has 0 aliphatic rings. The molecule has 2 aromatic carbocycles. The predicted octanol–water partition coefficient (Wildman–Crippen LogP) is 5.61. The molecule has 0 unspecified atom stereocenters. The minimum Gasteiger partial charge on any atom is -0.305 e. The number of thiophene rings is 1. The van der Waals surface area contributed by atoms with Crippen molar-refractivity contribution in [1.29, 1.82) is 0 Å². The van der Waals surface area contributed by atoms with Gasteiger partial charge in [0.05, 0.1) is 15.3 Å². The number of aromatic nitrogens is 2. The summed E-state index contributed by atoms with van der Waals surface area (Å²) < 4.78 is 0. The first-order valence-electron chi connectivity index (χ1n) is 8.65. The Morgan fingerprint density at radius 3 is 2.52 bits per heavy atom.